The molecule has 0 heterocycles. The standard InChI is InChI=1S/C23H46N2O3/c1-2-3-4-5-6-7-8-9-10-11-12-13-14-15-16-17-20-25-21(23(27)28)18-19-22(24)26/h21,25H,2-20H2,1H3,(H2,24,26)(H,27,28)/t21-/m1/s1. The summed E-state index contributed by atoms with van der Waals surface area (Å²) in [6.07, 6.45) is 21.7. The minimum atomic E-state index is -0.905. The summed E-state index contributed by atoms with van der Waals surface area (Å²) in [5, 5.41) is 12.1. The Labute approximate surface area is 173 Å². The lowest BCUT2D eigenvalue weighted by atomic mass is 10.0. The molecule has 28 heavy (non-hydrogen) atoms. The van der Waals surface area contributed by atoms with Crippen LogP contribution in [0, 0.1) is 0 Å². The first kappa shape index (κ1) is 26.9. The van der Waals surface area contributed by atoms with Crippen LogP contribution >= 0.6 is 0 Å². The zero-order valence-electron chi connectivity index (χ0n) is 18.4. The fourth-order valence-electron chi connectivity index (χ4n) is 3.55. The molecule has 5 heteroatoms. The maximum Gasteiger partial charge on any atom is 0.320 e. The second kappa shape index (κ2) is 20.6. The summed E-state index contributed by atoms with van der Waals surface area (Å²) in [5.41, 5.74) is 5.08. The number of carboxylic acid groups (broad SMARTS) is 1. The van der Waals surface area contributed by atoms with E-state index >= 15 is 0 Å². The van der Waals surface area contributed by atoms with E-state index < -0.39 is 17.9 Å². The van der Waals surface area contributed by atoms with E-state index in [9.17, 15) is 9.59 Å². The van der Waals surface area contributed by atoms with E-state index in [-0.39, 0.29) is 12.8 Å². The molecule has 0 unspecified atom stereocenters. The van der Waals surface area contributed by atoms with Gasteiger partial charge in [-0.05, 0) is 19.4 Å². The average Bonchev–Trinajstić information content (AvgIpc) is 2.66. The van der Waals surface area contributed by atoms with Crippen LogP contribution < -0.4 is 11.1 Å². The van der Waals surface area contributed by atoms with Gasteiger partial charge in [0.1, 0.15) is 6.04 Å². The van der Waals surface area contributed by atoms with E-state index in [0.29, 0.717) is 6.54 Å². The van der Waals surface area contributed by atoms with Crippen molar-refractivity contribution < 1.29 is 14.7 Å². The van der Waals surface area contributed by atoms with Gasteiger partial charge in [0.05, 0.1) is 0 Å². The molecule has 0 aliphatic rings. The molecule has 0 aliphatic carbocycles. The van der Waals surface area contributed by atoms with Crippen LogP contribution in [0.3, 0.4) is 0 Å². The number of amides is 1. The topological polar surface area (TPSA) is 92.4 Å². The Morgan fingerprint density at radius 2 is 1.14 bits per heavy atom. The third kappa shape index (κ3) is 19.7. The number of carbonyl (C=O) groups is 2. The molecule has 0 saturated heterocycles. The molecule has 0 aliphatic heterocycles. The van der Waals surface area contributed by atoms with Crippen LogP contribution in [0.15, 0.2) is 0 Å². The third-order valence-electron chi connectivity index (χ3n) is 5.40. The van der Waals surface area contributed by atoms with Crippen LogP contribution in [-0.2, 0) is 9.59 Å². The Hall–Kier alpha value is -1.10. The van der Waals surface area contributed by atoms with Crippen molar-refractivity contribution in [3.63, 3.8) is 0 Å². The maximum atomic E-state index is 11.1. The molecule has 166 valence electrons. The normalized spacial score (nSPS) is 12.2. The van der Waals surface area contributed by atoms with Gasteiger partial charge in [0, 0.05) is 6.42 Å². The molecule has 0 aromatic rings. The van der Waals surface area contributed by atoms with Crippen molar-refractivity contribution in [3.05, 3.63) is 0 Å². The molecule has 0 aromatic heterocycles. The van der Waals surface area contributed by atoms with Crippen molar-refractivity contribution in [2.45, 2.75) is 129 Å². The van der Waals surface area contributed by atoms with Crippen molar-refractivity contribution in [1.29, 1.82) is 0 Å². The van der Waals surface area contributed by atoms with Gasteiger partial charge in [0.25, 0.3) is 0 Å². The lowest BCUT2D eigenvalue weighted by Crippen LogP contribution is -2.38. The van der Waals surface area contributed by atoms with Crippen LogP contribution in [0.4, 0.5) is 0 Å². The lowest BCUT2D eigenvalue weighted by Gasteiger charge is -2.13. The van der Waals surface area contributed by atoms with Crippen LogP contribution in [0.25, 0.3) is 0 Å². The number of carbonyl (C=O) groups excluding carboxylic acids is 1. The maximum absolute atomic E-state index is 11.1. The summed E-state index contributed by atoms with van der Waals surface area (Å²) in [5.74, 6) is -1.35. The van der Waals surface area contributed by atoms with E-state index in [4.69, 9.17) is 10.8 Å². The number of hydrogen-bond acceptors (Lipinski definition) is 3. The number of nitrogens with two attached hydrogens (primary N) is 1. The Kier molecular flexibility index (Phi) is 19.8. The summed E-state index contributed by atoms with van der Waals surface area (Å²) in [7, 11) is 0. The molecule has 1 amide bonds. The highest BCUT2D eigenvalue weighted by Gasteiger charge is 2.16. The molecule has 0 aromatic carbocycles. The smallest absolute Gasteiger partial charge is 0.320 e. The number of rotatable bonds is 22. The number of hydrogen-bond donors (Lipinski definition) is 3. The zero-order chi connectivity index (χ0) is 20.9. The average molecular weight is 399 g/mol. The molecule has 4 N–H and O–H groups in total. The van der Waals surface area contributed by atoms with E-state index in [0.717, 1.165) is 12.8 Å². The van der Waals surface area contributed by atoms with Crippen LogP contribution in [-0.4, -0.2) is 29.6 Å². The summed E-state index contributed by atoms with van der Waals surface area (Å²) < 4.78 is 0. The van der Waals surface area contributed by atoms with Crippen LogP contribution in [0.5, 0.6) is 0 Å². The van der Waals surface area contributed by atoms with Gasteiger partial charge in [-0.15, -0.1) is 0 Å². The Balaban J connectivity index is 3.28. The lowest BCUT2D eigenvalue weighted by molar-refractivity contribution is -0.139. The molecule has 0 radical (unpaired) electrons. The van der Waals surface area contributed by atoms with Crippen LogP contribution in [0.1, 0.15) is 122 Å². The van der Waals surface area contributed by atoms with E-state index in [1.807, 2.05) is 0 Å². The number of carboxylic acids is 1. The zero-order valence-corrected chi connectivity index (χ0v) is 18.4. The summed E-state index contributed by atoms with van der Waals surface area (Å²) in [6, 6.07) is -0.663. The first-order valence-electron chi connectivity index (χ1n) is 11.8. The first-order chi connectivity index (χ1) is 13.6. The largest absolute Gasteiger partial charge is 0.480 e. The van der Waals surface area contributed by atoms with Crippen molar-refractivity contribution >= 4 is 11.9 Å². The van der Waals surface area contributed by atoms with E-state index in [1.165, 1.54) is 89.9 Å². The number of unbranched alkanes of at least 4 members (excludes halogenated alkanes) is 15. The number of aliphatic carboxylic acids is 1. The van der Waals surface area contributed by atoms with Gasteiger partial charge in [0.2, 0.25) is 5.91 Å². The molecule has 0 saturated carbocycles. The van der Waals surface area contributed by atoms with Gasteiger partial charge < -0.3 is 16.2 Å². The van der Waals surface area contributed by atoms with E-state index in [2.05, 4.69) is 12.2 Å². The van der Waals surface area contributed by atoms with Crippen molar-refractivity contribution in [3.8, 4) is 0 Å². The van der Waals surface area contributed by atoms with Gasteiger partial charge in [0.15, 0.2) is 0 Å². The molecular formula is C23H46N2O3. The number of nitrogens with one attached hydrogen (secondary N) is 1. The molecular weight excluding hydrogens is 352 g/mol. The van der Waals surface area contributed by atoms with Gasteiger partial charge in [-0.1, -0.05) is 103 Å². The van der Waals surface area contributed by atoms with E-state index in [1.54, 1.807) is 0 Å². The molecule has 0 spiro atoms. The van der Waals surface area contributed by atoms with Crippen molar-refractivity contribution in [1.82, 2.24) is 5.32 Å². The summed E-state index contributed by atoms with van der Waals surface area (Å²) >= 11 is 0. The molecule has 5 nitrogen and oxygen atoms in total. The highest BCUT2D eigenvalue weighted by molar-refractivity contribution is 5.77. The monoisotopic (exact) mass is 398 g/mol. The second-order valence-corrected chi connectivity index (χ2v) is 8.15. The number of primary amides is 1. The Morgan fingerprint density at radius 3 is 1.50 bits per heavy atom. The SMILES string of the molecule is CCCCCCCCCCCCCCCCCCN[C@H](CCC(N)=O)C(=O)O. The van der Waals surface area contributed by atoms with Gasteiger partial charge in [-0.2, -0.15) is 0 Å². The van der Waals surface area contributed by atoms with Crippen molar-refractivity contribution in [2.75, 3.05) is 6.54 Å². The molecule has 0 bridgehead atoms. The minimum absolute atomic E-state index is 0.114. The van der Waals surface area contributed by atoms with Gasteiger partial charge in [-0.25, -0.2) is 0 Å². The Morgan fingerprint density at radius 1 is 0.750 bits per heavy atom. The van der Waals surface area contributed by atoms with Crippen LogP contribution in [0.2, 0.25) is 0 Å². The summed E-state index contributed by atoms with van der Waals surface area (Å²) in [4.78, 5) is 21.9. The van der Waals surface area contributed by atoms with Gasteiger partial charge >= 0.3 is 5.97 Å². The predicted octanol–water partition coefficient (Wildman–Crippen LogP) is 5.56. The fourth-order valence-corrected chi connectivity index (χ4v) is 3.55. The Bertz CT molecular complexity index is 375. The molecule has 0 fully saturated rings. The quantitative estimate of drug-likeness (QED) is 0.208. The fraction of sp³-hybridized carbons (Fsp3) is 0.913. The highest BCUT2D eigenvalue weighted by Crippen LogP contribution is 2.13. The highest BCUT2D eigenvalue weighted by atomic mass is 16.4. The summed E-state index contributed by atoms with van der Waals surface area (Å²) in [6.45, 7) is 2.96. The second-order valence-electron chi connectivity index (χ2n) is 8.15. The van der Waals surface area contributed by atoms with Gasteiger partial charge in [-0.3, -0.25) is 9.59 Å². The molecule has 0 rings (SSSR count). The van der Waals surface area contributed by atoms with Crippen molar-refractivity contribution in [2.24, 2.45) is 5.73 Å². The minimum Gasteiger partial charge on any atom is -0.480 e. The first-order valence-corrected chi connectivity index (χ1v) is 11.8. The molecule has 1 atom stereocenters. The third-order valence-corrected chi connectivity index (χ3v) is 5.40. The predicted molar refractivity (Wildman–Crippen MR) is 117 cm³/mol.